The zero-order chi connectivity index (χ0) is 13.7. The Bertz CT molecular complexity index is 442. The van der Waals surface area contributed by atoms with Crippen molar-refractivity contribution >= 4 is 17.3 Å². The number of rotatable bonds is 6. The molecule has 0 saturated heterocycles. The van der Waals surface area contributed by atoms with Crippen molar-refractivity contribution in [2.45, 2.75) is 31.8 Å². The minimum Gasteiger partial charge on any atom is -0.399 e. The Hall–Kier alpha value is -1.75. The van der Waals surface area contributed by atoms with Gasteiger partial charge in [-0.1, -0.05) is 12.8 Å². The van der Waals surface area contributed by atoms with Gasteiger partial charge < -0.3 is 21.5 Å². The molecule has 1 aromatic rings. The molecule has 1 saturated carbocycles. The average Bonchev–Trinajstić information content (AvgIpc) is 2.87. The van der Waals surface area contributed by atoms with Crippen molar-refractivity contribution in [2.24, 2.45) is 5.73 Å². The summed E-state index contributed by atoms with van der Waals surface area (Å²) in [6.07, 6.45) is 5.24. The maximum Gasteiger partial charge on any atom is 0.250 e. The molecule has 1 fully saturated rings. The molecule has 5 nitrogen and oxygen atoms in total. The van der Waals surface area contributed by atoms with E-state index in [0.717, 1.165) is 12.8 Å². The monoisotopic (exact) mass is 263 g/mol. The van der Waals surface area contributed by atoms with Crippen molar-refractivity contribution in [3.63, 3.8) is 0 Å². The fraction of sp³-hybridized carbons (Fsp3) is 0.500. The molecule has 19 heavy (non-hydrogen) atoms. The largest absolute Gasteiger partial charge is 0.399 e. The Balaban J connectivity index is 1.84. The summed E-state index contributed by atoms with van der Waals surface area (Å²) < 4.78 is 5.75. The molecule has 104 valence electrons. The molecular formula is C14H21N3O2. The van der Waals surface area contributed by atoms with E-state index in [1.165, 1.54) is 12.8 Å². The summed E-state index contributed by atoms with van der Waals surface area (Å²) in [6, 6.07) is 5.02. The van der Waals surface area contributed by atoms with Gasteiger partial charge in [0.15, 0.2) is 0 Å². The number of hydrogen-bond donors (Lipinski definition) is 3. The van der Waals surface area contributed by atoms with E-state index in [9.17, 15) is 4.79 Å². The van der Waals surface area contributed by atoms with E-state index >= 15 is 0 Å². The molecule has 0 spiro atoms. The van der Waals surface area contributed by atoms with Crippen LogP contribution in [0.25, 0.3) is 0 Å². The number of ether oxygens (including phenoxy) is 1. The van der Waals surface area contributed by atoms with Crippen LogP contribution >= 0.6 is 0 Å². The fourth-order valence-corrected chi connectivity index (χ4v) is 2.39. The van der Waals surface area contributed by atoms with Crippen LogP contribution in [0.15, 0.2) is 18.2 Å². The van der Waals surface area contributed by atoms with E-state index in [2.05, 4.69) is 5.32 Å². The number of hydrogen-bond acceptors (Lipinski definition) is 4. The third-order valence-corrected chi connectivity index (χ3v) is 3.38. The van der Waals surface area contributed by atoms with Crippen LogP contribution in [-0.2, 0) is 4.74 Å². The van der Waals surface area contributed by atoms with Crippen molar-refractivity contribution in [3.05, 3.63) is 23.8 Å². The number of benzene rings is 1. The number of anilines is 2. The number of nitrogens with one attached hydrogen (secondary N) is 1. The van der Waals surface area contributed by atoms with Gasteiger partial charge in [0, 0.05) is 17.9 Å². The highest BCUT2D eigenvalue weighted by atomic mass is 16.5. The molecule has 2 rings (SSSR count). The standard InChI is InChI=1S/C14H21N3O2/c15-10-5-6-12(14(16)18)13(9-10)17-7-8-19-11-3-1-2-4-11/h5-6,9,11,17H,1-4,7-8,15H2,(H2,16,18). The van der Waals surface area contributed by atoms with Crippen molar-refractivity contribution in [2.75, 3.05) is 24.2 Å². The third-order valence-electron chi connectivity index (χ3n) is 3.38. The Morgan fingerprint density at radius 3 is 2.79 bits per heavy atom. The van der Waals surface area contributed by atoms with Gasteiger partial charge in [-0.3, -0.25) is 4.79 Å². The van der Waals surface area contributed by atoms with E-state index in [-0.39, 0.29) is 0 Å². The van der Waals surface area contributed by atoms with Crippen LogP contribution < -0.4 is 16.8 Å². The second kappa shape index (κ2) is 6.43. The molecule has 0 bridgehead atoms. The normalized spacial score (nSPS) is 15.6. The van der Waals surface area contributed by atoms with Gasteiger partial charge in [-0.25, -0.2) is 0 Å². The van der Waals surface area contributed by atoms with Crippen LogP contribution in [-0.4, -0.2) is 25.2 Å². The molecule has 0 aromatic heterocycles. The summed E-state index contributed by atoms with van der Waals surface area (Å²) >= 11 is 0. The highest BCUT2D eigenvalue weighted by Gasteiger charge is 2.15. The summed E-state index contributed by atoms with van der Waals surface area (Å²) in [5.41, 5.74) is 12.7. The fourth-order valence-electron chi connectivity index (χ4n) is 2.39. The predicted molar refractivity (Wildman–Crippen MR) is 76.1 cm³/mol. The molecule has 0 heterocycles. The first-order valence-electron chi connectivity index (χ1n) is 6.71. The molecule has 0 radical (unpaired) electrons. The van der Waals surface area contributed by atoms with Gasteiger partial charge in [-0.05, 0) is 31.0 Å². The Kier molecular flexibility index (Phi) is 4.63. The number of carbonyl (C=O) groups is 1. The SMILES string of the molecule is NC(=O)c1ccc(N)cc1NCCOC1CCCC1. The quantitative estimate of drug-likeness (QED) is 0.538. The molecule has 0 atom stereocenters. The summed E-state index contributed by atoms with van der Waals surface area (Å²) in [7, 11) is 0. The molecule has 5 heteroatoms. The summed E-state index contributed by atoms with van der Waals surface area (Å²) in [5, 5.41) is 3.15. The van der Waals surface area contributed by atoms with Crippen molar-refractivity contribution < 1.29 is 9.53 Å². The van der Waals surface area contributed by atoms with E-state index < -0.39 is 5.91 Å². The smallest absolute Gasteiger partial charge is 0.250 e. The second-order valence-corrected chi connectivity index (χ2v) is 4.87. The summed E-state index contributed by atoms with van der Waals surface area (Å²) in [5.74, 6) is -0.459. The first kappa shape index (κ1) is 13.7. The zero-order valence-corrected chi connectivity index (χ0v) is 11.0. The van der Waals surface area contributed by atoms with E-state index in [1.54, 1.807) is 18.2 Å². The Labute approximate surface area is 113 Å². The first-order chi connectivity index (χ1) is 9.16. The van der Waals surface area contributed by atoms with Crippen molar-refractivity contribution in [1.29, 1.82) is 0 Å². The minimum absolute atomic E-state index is 0.401. The van der Waals surface area contributed by atoms with Crippen LogP contribution in [0.4, 0.5) is 11.4 Å². The van der Waals surface area contributed by atoms with E-state index in [1.807, 2.05) is 0 Å². The van der Waals surface area contributed by atoms with Gasteiger partial charge in [-0.15, -0.1) is 0 Å². The topological polar surface area (TPSA) is 90.4 Å². The lowest BCUT2D eigenvalue weighted by Gasteiger charge is -2.14. The zero-order valence-electron chi connectivity index (χ0n) is 11.0. The van der Waals surface area contributed by atoms with Crippen molar-refractivity contribution in [1.82, 2.24) is 0 Å². The van der Waals surface area contributed by atoms with Gasteiger partial charge in [-0.2, -0.15) is 0 Å². The molecule has 1 amide bonds. The van der Waals surface area contributed by atoms with Gasteiger partial charge >= 0.3 is 0 Å². The highest BCUT2D eigenvalue weighted by Crippen LogP contribution is 2.21. The summed E-state index contributed by atoms with van der Waals surface area (Å²) in [6.45, 7) is 1.26. The molecule has 1 aromatic carbocycles. The van der Waals surface area contributed by atoms with Gasteiger partial charge in [0.1, 0.15) is 0 Å². The molecule has 1 aliphatic rings. The summed E-state index contributed by atoms with van der Waals surface area (Å²) in [4.78, 5) is 11.3. The molecule has 0 aliphatic heterocycles. The van der Waals surface area contributed by atoms with Gasteiger partial charge in [0.05, 0.1) is 18.3 Å². The Morgan fingerprint density at radius 1 is 1.37 bits per heavy atom. The molecule has 1 aliphatic carbocycles. The van der Waals surface area contributed by atoms with Crippen LogP contribution in [0, 0.1) is 0 Å². The number of nitrogen functional groups attached to an aromatic ring is 1. The maximum absolute atomic E-state index is 11.3. The maximum atomic E-state index is 11.3. The molecule has 0 unspecified atom stereocenters. The lowest BCUT2D eigenvalue weighted by Crippen LogP contribution is -2.18. The predicted octanol–water partition coefficient (Wildman–Crippen LogP) is 1.74. The lowest BCUT2D eigenvalue weighted by molar-refractivity contribution is 0.0659. The number of nitrogens with two attached hydrogens (primary N) is 2. The van der Waals surface area contributed by atoms with E-state index in [4.69, 9.17) is 16.2 Å². The molecule has 5 N–H and O–H groups in total. The number of primary amides is 1. The number of amides is 1. The van der Waals surface area contributed by atoms with Gasteiger partial charge in [0.25, 0.3) is 5.91 Å². The third kappa shape index (κ3) is 3.86. The Morgan fingerprint density at radius 2 is 2.11 bits per heavy atom. The minimum atomic E-state index is -0.459. The average molecular weight is 263 g/mol. The van der Waals surface area contributed by atoms with Crippen LogP contribution in [0.2, 0.25) is 0 Å². The highest BCUT2D eigenvalue weighted by molar-refractivity contribution is 5.99. The van der Waals surface area contributed by atoms with Crippen LogP contribution in [0.3, 0.4) is 0 Å². The second-order valence-electron chi connectivity index (χ2n) is 4.87. The van der Waals surface area contributed by atoms with Crippen LogP contribution in [0.1, 0.15) is 36.0 Å². The van der Waals surface area contributed by atoms with E-state index in [0.29, 0.717) is 36.2 Å². The molecular weight excluding hydrogens is 242 g/mol. The van der Waals surface area contributed by atoms with Crippen LogP contribution in [0.5, 0.6) is 0 Å². The lowest BCUT2D eigenvalue weighted by atomic mass is 10.1. The number of carbonyl (C=O) groups excluding carboxylic acids is 1. The van der Waals surface area contributed by atoms with Gasteiger partial charge in [0.2, 0.25) is 0 Å². The first-order valence-corrected chi connectivity index (χ1v) is 6.71. The van der Waals surface area contributed by atoms with Crippen molar-refractivity contribution in [3.8, 4) is 0 Å².